The van der Waals surface area contributed by atoms with E-state index in [-0.39, 0.29) is 22.7 Å². The van der Waals surface area contributed by atoms with Crippen LogP contribution in [0.5, 0.6) is 0 Å². The van der Waals surface area contributed by atoms with E-state index in [9.17, 15) is 13.2 Å². The van der Waals surface area contributed by atoms with Gasteiger partial charge in [-0.1, -0.05) is 19.1 Å². The molecule has 1 aromatic rings. The van der Waals surface area contributed by atoms with Crippen LogP contribution < -0.4 is 4.72 Å². The van der Waals surface area contributed by atoms with Gasteiger partial charge in [0.15, 0.2) is 5.78 Å². The molecule has 1 rings (SSSR count). The summed E-state index contributed by atoms with van der Waals surface area (Å²) < 4.78 is 26.5. The monoisotopic (exact) mass is 317 g/mol. The van der Waals surface area contributed by atoms with Crippen molar-refractivity contribution in [1.82, 2.24) is 4.72 Å². The average molecular weight is 317 g/mol. The minimum atomic E-state index is -4.10. The number of rotatable bonds is 8. The van der Waals surface area contributed by atoms with Gasteiger partial charge in [-0.25, -0.2) is 8.42 Å². The second-order valence-electron chi connectivity index (χ2n) is 4.66. The molecule has 0 atom stereocenters. The fourth-order valence-electron chi connectivity index (χ4n) is 1.63. The van der Waals surface area contributed by atoms with Gasteiger partial charge in [-0.2, -0.15) is 4.72 Å². The summed E-state index contributed by atoms with van der Waals surface area (Å²) in [4.78, 5) is 11.4. The van der Waals surface area contributed by atoms with E-state index in [4.69, 9.17) is 15.3 Å². The van der Waals surface area contributed by atoms with Crippen LogP contribution in [-0.4, -0.2) is 54.9 Å². The number of Topliss-reactive ketones (excluding diaryl/α,β-unsaturated/α-hetero) is 1. The van der Waals surface area contributed by atoms with Gasteiger partial charge in [-0.15, -0.1) is 0 Å². The summed E-state index contributed by atoms with van der Waals surface area (Å²) in [5, 5.41) is 27.5. The zero-order valence-corrected chi connectivity index (χ0v) is 12.4. The van der Waals surface area contributed by atoms with Crippen LogP contribution in [0.25, 0.3) is 0 Å². The van der Waals surface area contributed by atoms with Gasteiger partial charge in [0.2, 0.25) is 10.0 Å². The molecular formula is C13H19NO6S. The Morgan fingerprint density at radius 1 is 1.19 bits per heavy atom. The summed E-state index contributed by atoms with van der Waals surface area (Å²) in [6, 6.07) is 5.43. The van der Waals surface area contributed by atoms with Gasteiger partial charge >= 0.3 is 0 Å². The maximum absolute atomic E-state index is 12.2. The Balaban J connectivity index is 3.16. The number of nitrogens with one attached hydrogen (secondary N) is 1. The number of ketones is 1. The minimum Gasteiger partial charge on any atom is -0.394 e. The van der Waals surface area contributed by atoms with Crippen molar-refractivity contribution in [2.45, 2.75) is 23.8 Å². The number of hydrogen-bond acceptors (Lipinski definition) is 6. The smallest absolute Gasteiger partial charge is 0.241 e. The number of aliphatic hydroxyl groups excluding tert-OH is 3. The van der Waals surface area contributed by atoms with E-state index in [0.29, 0.717) is 0 Å². The molecule has 0 aliphatic heterocycles. The Bertz CT molecular complexity index is 586. The highest BCUT2D eigenvalue weighted by atomic mass is 32.2. The standard InChI is InChI=1S/C13H19NO6S/c1-2-12(18)10-4-3-5-11(6-10)21(19,20)14-13(7-15,8-16)9-17/h3-6,14-17H,2,7-9H2,1H3. The summed E-state index contributed by atoms with van der Waals surface area (Å²) in [5.41, 5.74) is -1.51. The third-order valence-corrected chi connectivity index (χ3v) is 4.62. The number of carbonyl (C=O) groups excluding carboxylic acids is 1. The fraction of sp³-hybridized carbons (Fsp3) is 0.462. The second-order valence-corrected chi connectivity index (χ2v) is 6.35. The van der Waals surface area contributed by atoms with Crippen molar-refractivity contribution in [3.8, 4) is 0 Å². The van der Waals surface area contributed by atoms with Gasteiger partial charge in [-0.05, 0) is 12.1 Å². The highest BCUT2D eigenvalue weighted by Crippen LogP contribution is 2.16. The van der Waals surface area contributed by atoms with E-state index < -0.39 is 35.4 Å². The van der Waals surface area contributed by atoms with Gasteiger partial charge in [0.25, 0.3) is 0 Å². The Morgan fingerprint density at radius 2 is 1.76 bits per heavy atom. The molecule has 0 aliphatic carbocycles. The minimum absolute atomic E-state index is 0.179. The molecule has 118 valence electrons. The van der Waals surface area contributed by atoms with Crippen LogP contribution in [0, 0.1) is 0 Å². The quantitative estimate of drug-likeness (QED) is 0.469. The molecule has 7 nitrogen and oxygen atoms in total. The predicted octanol–water partition coefficient (Wildman–Crippen LogP) is -0.727. The van der Waals surface area contributed by atoms with Crippen LogP contribution in [0.15, 0.2) is 29.2 Å². The van der Waals surface area contributed by atoms with Gasteiger partial charge in [0, 0.05) is 12.0 Å². The number of aliphatic hydroxyl groups is 3. The normalized spacial score (nSPS) is 12.4. The predicted molar refractivity (Wildman–Crippen MR) is 75.4 cm³/mol. The molecule has 0 bridgehead atoms. The molecule has 0 radical (unpaired) electrons. The first kappa shape index (κ1) is 17.7. The number of carbonyl (C=O) groups is 1. The third-order valence-electron chi connectivity index (χ3n) is 3.05. The summed E-state index contributed by atoms with van der Waals surface area (Å²) in [6.07, 6.45) is 0.241. The average Bonchev–Trinajstić information content (AvgIpc) is 2.52. The molecule has 8 heteroatoms. The van der Waals surface area contributed by atoms with Gasteiger partial charge in [-0.3, -0.25) is 4.79 Å². The lowest BCUT2D eigenvalue weighted by molar-refractivity contribution is 0.0582. The largest absolute Gasteiger partial charge is 0.394 e. The second kappa shape index (κ2) is 7.10. The molecule has 4 N–H and O–H groups in total. The Morgan fingerprint density at radius 3 is 2.24 bits per heavy atom. The van der Waals surface area contributed by atoms with E-state index in [1.807, 2.05) is 0 Å². The molecule has 0 heterocycles. The lowest BCUT2D eigenvalue weighted by Crippen LogP contribution is -2.56. The summed E-state index contributed by atoms with van der Waals surface area (Å²) >= 11 is 0. The van der Waals surface area contributed by atoms with E-state index >= 15 is 0 Å². The van der Waals surface area contributed by atoms with Crippen molar-refractivity contribution in [3.63, 3.8) is 0 Å². The summed E-state index contributed by atoms with van der Waals surface area (Å²) in [6.45, 7) is -0.650. The van der Waals surface area contributed by atoms with Crippen LogP contribution in [0.3, 0.4) is 0 Å². The van der Waals surface area contributed by atoms with E-state index in [1.54, 1.807) is 6.92 Å². The molecule has 1 aromatic carbocycles. The Labute approximate surface area is 123 Å². The maximum Gasteiger partial charge on any atom is 0.241 e. The van der Waals surface area contributed by atoms with Crippen LogP contribution in [0.1, 0.15) is 23.7 Å². The van der Waals surface area contributed by atoms with Crippen molar-refractivity contribution < 1.29 is 28.5 Å². The molecule has 0 unspecified atom stereocenters. The van der Waals surface area contributed by atoms with Crippen molar-refractivity contribution in [2.75, 3.05) is 19.8 Å². The fourth-order valence-corrected chi connectivity index (χ4v) is 3.05. The lowest BCUT2D eigenvalue weighted by atomic mass is 10.1. The van der Waals surface area contributed by atoms with Crippen LogP contribution in [-0.2, 0) is 10.0 Å². The van der Waals surface area contributed by atoms with Crippen molar-refractivity contribution in [3.05, 3.63) is 29.8 Å². The van der Waals surface area contributed by atoms with E-state index in [1.165, 1.54) is 24.3 Å². The highest BCUT2D eigenvalue weighted by Gasteiger charge is 2.34. The van der Waals surface area contributed by atoms with Crippen LogP contribution in [0.2, 0.25) is 0 Å². The first-order valence-electron chi connectivity index (χ1n) is 6.34. The zero-order chi connectivity index (χ0) is 16.1. The SMILES string of the molecule is CCC(=O)c1cccc(S(=O)(=O)NC(CO)(CO)CO)c1. The van der Waals surface area contributed by atoms with Gasteiger partial charge < -0.3 is 15.3 Å². The first-order valence-corrected chi connectivity index (χ1v) is 7.82. The number of hydrogen-bond donors (Lipinski definition) is 4. The summed E-state index contributed by atoms with van der Waals surface area (Å²) in [5.74, 6) is -0.204. The third kappa shape index (κ3) is 4.08. The molecule has 0 amide bonds. The Hall–Kier alpha value is -1.32. The number of sulfonamides is 1. The molecular weight excluding hydrogens is 298 g/mol. The van der Waals surface area contributed by atoms with E-state index in [2.05, 4.69) is 4.72 Å². The molecule has 21 heavy (non-hydrogen) atoms. The lowest BCUT2D eigenvalue weighted by Gasteiger charge is -2.28. The van der Waals surface area contributed by atoms with Crippen molar-refractivity contribution in [1.29, 1.82) is 0 Å². The van der Waals surface area contributed by atoms with Gasteiger partial charge in [0.05, 0.1) is 24.7 Å². The highest BCUT2D eigenvalue weighted by molar-refractivity contribution is 7.89. The van der Waals surface area contributed by atoms with Crippen molar-refractivity contribution >= 4 is 15.8 Å². The molecule has 0 fully saturated rings. The molecule has 0 saturated carbocycles. The molecule has 0 aliphatic rings. The van der Waals surface area contributed by atoms with Crippen molar-refractivity contribution in [2.24, 2.45) is 0 Å². The maximum atomic E-state index is 12.2. The van der Waals surface area contributed by atoms with Crippen LogP contribution in [0.4, 0.5) is 0 Å². The van der Waals surface area contributed by atoms with Crippen LogP contribution >= 0.6 is 0 Å². The first-order chi connectivity index (χ1) is 9.84. The molecule has 0 saturated heterocycles. The zero-order valence-electron chi connectivity index (χ0n) is 11.6. The molecule has 0 spiro atoms. The van der Waals surface area contributed by atoms with E-state index in [0.717, 1.165) is 0 Å². The topological polar surface area (TPSA) is 124 Å². The Kier molecular flexibility index (Phi) is 5.99. The molecule has 0 aromatic heterocycles. The van der Waals surface area contributed by atoms with Gasteiger partial charge in [0.1, 0.15) is 5.54 Å². The number of benzene rings is 1. The summed E-state index contributed by atoms with van der Waals surface area (Å²) in [7, 11) is -4.10.